The van der Waals surface area contributed by atoms with Crippen molar-refractivity contribution in [2.75, 3.05) is 5.32 Å². The van der Waals surface area contributed by atoms with Gasteiger partial charge in [-0.05, 0) is 17.7 Å². The molecular formula is C9H8F3NOS. The molecule has 0 atom stereocenters. The molecule has 2 nitrogen and oxygen atoms in total. The van der Waals surface area contributed by atoms with Crippen molar-refractivity contribution in [2.45, 2.75) is 11.9 Å². The van der Waals surface area contributed by atoms with Crippen LogP contribution >= 0.6 is 12.6 Å². The van der Waals surface area contributed by atoms with Gasteiger partial charge in [0.1, 0.15) is 0 Å². The number of anilines is 1. The Morgan fingerprint density at radius 2 is 2.07 bits per heavy atom. The van der Waals surface area contributed by atoms with Gasteiger partial charge in [0.05, 0.1) is 5.56 Å². The molecule has 1 rings (SSSR count). The number of thiol groups is 1. The number of halogens is 3. The predicted octanol–water partition coefficient (Wildman–Crippen LogP) is 2.70. The zero-order chi connectivity index (χ0) is 11.5. The minimum atomic E-state index is -4.41. The lowest BCUT2D eigenvalue weighted by molar-refractivity contribution is -0.137. The monoisotopic (exact) mass is 235 g/mol. The first kappa shape index (κ1) is 11.9. The summed E-state index contributed by atoms with van der Waals surface area (Å²) in [6.07, 6.45) is -4.07. The van der Waals surface area contributed by atoms with Crippen molar-refractivity contribution in [2.24, 2.45) is 0 Å². The van der Waals surface area contributed by atoms with Crippen molar-refractivity contribution < 1.29 is 18.0 Å². The number of carbonyl (C=O) groups excluding carboxylic acids is 1. The quantitative estimate of drug-likeness (QED) is 0.612. The summed E-state index contributed by atoms with van der Waals surface area (Å²) >= 11 is 3.94. The summed E-state index contributed by atoms with van der Waals surface area (Å²) in [4.78, 5) is 10.2. The third kappa shape index (κ3) is 2.89. The number of alkyl halides is 3. The largest absolute Gasteiger partial charge is 0.416 e. The summed E-state index contributed by atoms with van der Waals surface area (Å²) in [5.41, 5.74) is -0.120. The second-order valence-corrected chi connectivity index (χ2v) is 3.11. The Hall–Kier alpha value is -1.17. The summed E-state index contributed by atoms with van der Waals surface area (Å²) in [6, 6.07) is 3.14. The van der Waals surface area contributed by atoms with Gasteiger partial charge in [-0.15, -0.1) is 0 Å². The van der Waals surface area contributed by atoms with Gasteiger partial charge >= 0.3 is 6.18 Å². The fraction of sp³-hybridized carbons (Fsp3) is 0.222. The molecule has 6 heteroatoms. The van der Waals surface area contributed by atoms with Crippen LogP contribution < -0.4 is 5.32 Å². The molecule has 0 radical (unpaired) electrons. The van der Waals surface area contributed by atoms with Crippen molar-refractivity contribution in [1.82, 2.24) is 0 Å². The van der Waals surface area contributed by atoms with Gasteiger partial charge in [0, 0.05) is 11.4 Å². The number of rotatable bonds is 3. The first-order valence-electron chi connectivity index (χ1n) is 4.00. The van der Waals surface area contributed by atoms with Crippen LogP contribution in [0.5, 0.6) is 0 Å². The number of carbonyl (C=O) groups is 1. The first-order valence-corrected chi connectivity index (χ1v) is 4.63. The van der Waals surface area contributed by atoms with E-state index in [0.717, 1.165) is 12.1 Å². The van der Waals surface area contributed by atoms with Crippen LogP contribution in [0.3, 0.4) is 0 Å². The molecular weight excluding hydrogens is 227 g/mol. The summed E-state index contributed by atoms with van der Waals surface area (Å²) in [7, 11) is 0. The highest BCUT2D eigenvalue weighted by Crippen LogP contribution is 2.32. The van der Waals surface area contributed by atoms with Gasteiger partial charge in [0.2, 0.25) is 6.41 Å². The molecule has 1 aromatic rings. The topological polar surface area (TPSA) is 29.1 Å². The fourth-order valence-electron chi connectivity index (χ4n) is 1.09. The minimum absolute atomic E-state index is 0.134. The van der Waals surface area contributed by atoms with Crippen LogP contribution in [-0.2, 0) is 16.7 Å². The highest BCUT2D eigenvalue weighted by molar-refractivity contribution is 7.79. The van der Waals surface area contributed by atoms with E-state index in [1.807, 2.05) is 0 Å². The number of hydrogen-bond acceptors (Lipinski definition) is 2. The Balaban J connectivity index is 3.15. The van der Waals surface area contributed by atoms with E-state index < -0.39 is 11.7 Å². The third-order valence-corrected chi connectivity index (χ3v) is 2.16. The average molecular weight is 235 g/mol. The van der Waals surface area contributed by atoms with E-state index in [1.54, 1.807) is 0 Å². The van der Waals surface area contributed by atoms with E-state index >= 15 is 0 Å². The van der Waals surface area contributed by atoms with E-state index in [2.05, 4.69) is 17.9 Å². The molecule has 1 N–H and O–H groups in total. The fourth-order valence-corrected chi connectivity index (χ4v) is 1.36. The molecule has 0 aliphatic heterocycles. The zero-order valence-electron chi connectivity index (χ0n) is 7.51. The summed E-state index contributed by atoms with van der Waals surface area (Å²) < 4.78 is 36.9. The molecule has 1 aromatic carbocycles. The van der Waals surface area contributed by atoms with Crippen LogP contribution in [0.2, 0.25) is 0 Å². The Morgan fingerprint density at radius 1 is 1.40 bits per heavy atom. The zero-order valence-corrected chi connectivity index (χ0v) is 8.40. The van der Waals surface area contributed by atoms with Crippen molar-refractivity contribution in [1.29, 1.82) is 0 Å². The smallest absolute Gasteiger partial charge is 0.328 e. The number of amides is 1. The maximum absolute atomic E-state index is 12.3. The van der Waals surface area contributed by atoms with Crippen LogP contribution in [0.25, 0.3) is 0 Å². The van der Waals surface area contributed by atoms with Crippen molar-refractivity contribution in [3.8, 4) is 0 Å². The van der Waals surface area contributed by atoms with E-state index in [-0.39, 0.29) is 11.4 Å². The van der Waals surface area contributed by atoms with Gasteiger partial charge in [0.15, 0.2) is 0 Å². The molecule has 0 saturated carbocycles. The normalized spacial score (nSPS) is 11.2. The van der Waals surface area contributed by atoms with Gasteiger partial charge in [0.25, 0.3) is 0 Å². The van der Waals surface area contributed by atoms with Crippen LogP contribution in [0.15, 0.2) is 18.2 Å². The number of benzene rings is 1. The lowest BCUT2D eigenvalue weighted by Gasteiger charge is -2.11. The second kappa shape index (κ2) is 4.57. The minimum Gasteiger partial charge on any atom is -0.328 e. The number of hydrogen-bond donors (Lipinski definition) is 2. The molecule has 0 spiro atoms. The standard InChI is InChI=1S/C9H8F3NOS/c10-9(11,12)7-2-1-6(4-15)8(3-7)13-5-14/h1-3,5,15H,4H2,(H,13,14). The van der Waals surface area contributed by atoms with E-state index in [1.165, 1.54) is 6.07 Å². The summed E-state index contributed by atoms with van der Waals surface area (Å²) in [6.45, 7) is 0. The molecule has 0 aromatic heterocycles. The van der Waals surface area contributed by atoms with Crippen LogP contribution in [0.4, 0.5) is 18.9 Å². The van der Waals surface area contributed by atoms with Crippen LogP contribution in [-0.4, -0.2) is 6.41 Å². The number of nitrogens with one attached hydrogen (secondary N) is 1. The van der Waals surface area contributed by atoms with Crippen molar-refractivity contribution in [3.05, 3.63) is 29.3 Å². The van der Waals surface area contributed by atoms with E-state index in [4.69, 9.17) is 0 Å². The van der Waals surface area contributed by atoms with Gasteiger partial charge in [-0.3, -0.25) is 4.79 Å². The Kier molecular flexibility index (Phi) is 3.62. The Bertz CT molecular complexity index is 365. The third-order valence-electron chi connectivity index (χ3n) is 1.82. The first-order chi connectivity index (χ1) is 6.99. The maximum Gasteiger partial charge on any atom is 0.416 e. The van der Waals surface area contributed by atoms with Crippen molar-refractivity contribution >= 4 is 24.7 Å². The molecule has 0 aliphatic rings. The van der Waals surface area contributed by atoms with E-state index in [9.17, 15) is 18.0 Å². The SMILES string of the molecule is O=CNc1cc(C(F)(F)F)ccc1CS. The maximum atomic E-state index is 12.3. The van der Waals surface area contributed by atoms with E-state index in [0.29, 0.717) is 12.0 Å². The summed E-state index contributed by atoms with van der Waals surface area (Å²) in [5.74, 6) is 0.258. The van der Waals surface area contributed by atoms with Crippen LogP contribution in [0, 0.1) is 0 Å². The average Bonchev–Trinajstić information content (AvgIpc) is 2.17. The lowest BCUT2D eigenvalue weighted by atomic mass is 10.1. The van der Waals surface area contributed by atoms with Gasteiger partial charge in [-0.2, -0.15) is 25.8 Å². The predicted molar refractivity (Wildman–Crippen MR) is 53.8 cm³/mol. The van der Waals surface area contributed by atoms with Gasteiger partial charge in [-0.1, -0.05) is 6.07 Å². The van der Waals surface area contributed by atoms with Gasteiger partial charge < -0.3 is 5.32 Å². The molecule has 0 heterocycles. The lowest BCUT2D eigenvalue weighted by Crippen LogP contribution is -2.07. The van der Waals surface area contributed by atoms with Gasteiger partial charge in [-0.25, -0.2) is 0 Å². The molecule has 15 heavy (non-hydrogen) atoms. The molecule has 0 saturated heterocycles. The highest BCUT2D eigenvalue weighted by atomic mass is 32.1. The molecule has 0 aliphatic carbocycles. The van der Waals surface area contributed by atoms with Crippen LogP contribution in [0.1, 0.15) is 11.1 Å². The molecule has 1 amide bonds. The summed E-state index contributed by atoms with van der Waals surface area (Å²) in [5, 5.41) is 2.21. The van der Waals surface area contributed by atoms with Crippen molar-refractivity contribution in [3.63, 3.8) is 0 Å². The molecule has 0 fully saturated rings. The second-order valence-electron chi connectivity index (χ2n) is 2.79. The molecule has 82 valence electrons. The molecule has 0 bridgehead atoms. The Morgan fingerprint density at radius 3 is 2.53 bits per heavy atom. The molecule has 0 unspecified atom stereocenters. The Labute approximate surface area is 89.9 Å². The highest BCUT2D eigenvalue weighted by Gasteiger charge is 2.30.